The van der Waals surface area contributed by atoms with Gasteiger partial charge in [-0.25, -0.2) is 5.43 Å². The Morgan fingerprint density at radius 1 is 1.17 bits per heavy atom. The Bertz CT molecular complexity index is 729. The number of para-hydroxylation sites is 1. The minimum atomic E-state index is -0.234. The van der Waals surface area contributed by atoms with Crippen LogP contribution in [0.25, 0.3) is 0 Å². The molecule has 0 aliphatic rings. The largest absolute Gasteiger partial charge is 0.497 e. The summed E-state index contributed by atoms with van der Waals surface area (Å²) in [5.74, 6) is 1.07. The fourth-order valence-corrected chi connectivity index (χ4v) is 2.09. The molecule has 0 spiro atoms. The topological polar surface area (TPSA) is 72.0 Å². The number of carbonyl (C=O) groups is 1. The molecule has 0 fully saturated rings. The average molecular weight is 327 g/mol. The molecule has 0 saturated heterocycles. The maximum absolute atomic E-state index is 11.8. The minimum absolute atomic E-state index is 0.141. The van der Waals surface area contributed by atoms with Gasteiger partial charge in [0, 0.05) is 17.3 Å². The first-order valence-electron chi connectivity index (χ1n) is 7.47. The van der Waals surface area contributed by atoms with Gasteiger partial charge in [0.2, 0.25) is 0 Å². The van der Waals surface area contributed by atoms with E-state index in [0.717, 1.165) is 16.8 Å². The number of nitrogens with zero attached hydrogens (tertiary/aromatic N) is 1. The third-order valence-electron chi connectivity index (χ3n) is 3.42. The predicted molar refractivity (Wildman–Crippen MR) is 95.0 cm³/mol. The van der Waals surface area contributed by atoms with Crippen molar-refractivity contribution in [2.24, 2.45) is 5.10 Å². The van der Waals surface area contributed by atoms with Gasteiger partial charge in [0.25, 0.3) is 5.91 Å². The second-order valence-electron chi connectivity index (χ2n) is 5.07. The molecule has 2 rings (SSSR count). The minimum Gasteiger partial charge on any atom is -0.497 e. The Kier molecular flexibility index (Phi) is 6.19. The molecule has 0 bridgehead atoms. The quantitative estimate of drug-likeness (QED) is 0.606. The van der Waals surface area contributed by atoms with Crippen molar-refractivity contribution in [2.45, 2.75) is 6.92 Å². The zero-order valence-electron chi connectivity index (χ0n) is 14.0. The highest BCUT2D eigenvalue weighted by atomic mass is 16.5. The van der Waals surface area contributed by atoms with Crippen LogP contribution in [0.3, 0.4) is 0 Å². The number of hydrogen-bond acceptors (Lipinski definition) is 5. The zero-order valence-corrected chi connectivity index (χ0v) is 14.0. The van der Waals surface area contributed by atoms with Gasteiger partial charge in [-0.15, -0.1) is 0 Å². The van der Waals surface area contributed by atoms with Crippen LogP contribution < -0.4 is 20.2 Å². The maximum Gasteiger partial charge on any atom is 0.259 e. The highest BCUT2D eigenvalue weighted by Crippen LogP contribution is 2.22. The summed E-state index contributed by atoms with van der Waals surface area (Å²) in [5.41, 5.74) is 5.23. The summed E-state index contributed by atoms with van der Waals surface area (Å²) in [6.07, 6.45) is 1.53. The van der Waals surface area contributed by atoms with Crippen LogP contribution in [-0.2, 0) is 4.79 Å². The monoisotopic (exact) mass is 327 g/mol. The molecule has 1 amide bonds. The first-order valence-corrected chi connectivity index (χ1v) is 7.47. The summed E-state index contributed by atoms with van der Waals surface area (Å²) < 4.78 is 10.4. The summed E-state index contributed by atoms with van der Waals surface area (Å²) in [7, 11) is 3.15. The van der Waals surface area contributed by atoms with E-state index in [1.54, 1.807) is 32.4 Å². The highest BCUT2D eigenvalue weighted by Gasteiger charge is 2.04. The van der Waals surface area contributed by atoms with Crippen molar-refractivity contribution in [1.29, 1.82) is 0 Å². The van der Waals surface area contributed by atoms with Crippen LogP contribution in [0.2, 0.25) is 0 Å². The van der Waals surface area contributed by atoms with Gasteiger partial charge in [0.1, 0.15) is 11.5 Å². The lowest BCUT2D eigenvalue weighted by atomic mass is 10.2. The van der Waals surface area contributed by atoms with Crippen molar-refractivity contribution in [3.8, 4) is 11.5 Å². The van der Waals surface area contributed by atoms with Crippen molar-refractivity contribution in [3.05, 3.63) is 53.6 Å². The molecule has 0 aliphatic carbocycles. The molecule has 2 N–H and O–H groups in total. The van der Waals surface area contributed by atoms with Crippen LogP contribution in [0.1, 0.15) is 11.1 Å². The number of carbonyl (C=O) groups excluding carboxylic acids is 1. The van der Waals surface area contributed by atoms with Gasteiger partial charge in [-0.2, -0.15) is 5.10 Å². The Balaban J connectivity index is 1.89. The van der Waals surface area contributed by atoms with Crippen molar-refractivity contribution in [1.82, 2.24) is 5.43 Å². The zero-order chi connectivity index (χ0) is 17.4. The molecule has 0 saturated carbocycles. The SMILES string of the molecule is COc1ccc(/C=N/NC(=O)CNc2ccccc2C)c(OC)c1. The van der Waals surface area contributed by atoms with E-state index in [0.29, 0.717) is 11.5 Å². The number of methoxy groups -OCH3 is 2. The molecule has 126 valence electrons. The fourth-order valence-electron chi connectivity index (χ4n) is 2.09. The second kappa shape index (κ2) is 8.57. The summed E-state index contributed by atoms with van der Waals surface area (Å²) >= 11 is 0. The molecule has 6 nitrogen and oxygen atoms in total. The van der Waals surface area contributed by atoms with Gasteiger partial charge < -0.3 is 14.8 Å². The number of hydrazone groups is 1. The van der Waals surface area contributed by atoms with E-state index in [1.165, 1.54) is 6.21 Å². The summed E-state index contributed by atoms with van der Waals surface area (Å²) in [5, 5.41) is 7.03. The van der Waals surface area contributed by atoms with E-state index in [4.69, 9.17) is 9.47 Å². The Morgan fingerprint density at radius 3 is 2.67 bits per heavy atom. The third-order valence-corrected chi connectivity index (χ3v) is 3.42. The first-order chi connectivity index (χ1) is 11.6. The molecular formula is C18H21N3O3. The second-order valence-corrected chi connectivity index (χ2v) is 5.07. The number of nitrogens with one attached hydrogen (secondary N) is 2. The van der Waals surface area contributed by atoms with Crippen molar-refractivity contribution in [2.75, 3.05) is 26.1 Å². The highest BCUT2D eigenvalue weighted by molar-refractivity contribution is 5.86. The van der Waals surface area contributed by atoms with Crippen LogP contribution in [-0.4, -0.2) is 32.9 Å². The van der Waals surface area contributed by atoms with Crippen molar-refractivity contribution >= 4 is 17.8 Å². The van der Waals surface area contributed by atoms with Crippen molar-refractivity contribution in [3.63, 3.8) is 0 Å². The molecule has 6 heteroatoms. The standard InChI is InChI=1S/C18H21N3O3/c1-13-6-4-5-7-16(13)19-12-18(22)21-20-11-14-8-9-15(23-2)10-17(14)24-3/h4-11,19H,12H2,1-3H3,(H,21,22)/b20-11+. The predicted octanol–water partition coefficient (Wildman–Crippen LogP) is 2.57. The van der Waals surface area contributed by atoms with Gasteiger partial charge in [0.15, 0.2) is 0 Å². The normalized spacial score (nSPS) is 10.5. The lowest BCUT2D eigenvalue weighted by Crippen LogP contribution is -2.26. The smallest absolute Gasteiger partial charge is 0.259 e. The van der Waals surface area contributed by atoms with E-state index in [1.807, 2.05) is 31.2 Å². The number of aryl methyl sites for hydroxylation is 1. The van der Waals surface area contributed by atoms with Gasteiger partial charge in [-0.05, 0) is 30.7 Å². The summed E-state index contributed by atoms with van der Waals surface area (Å²) in [6.45, 7) is 2.12. The van der Waals surface area contributed by atoms with Gasteiger partial charge in [0.05, 0.1) is 27.0 Å². The summed E-state index contributed by atoms with van der Waals surface area (Å²) in [6, 6.07) is 13.1. The number of hydrogen-bond donors (Lipinski definition) is 2. The fraction of sp³-hybridized carbons (Fsp3) is 0.222. The maximum atomic E-state index is 11.8. The lowest BCUT2D eigenvalue weighted by Gasteiger charge is -2.08. The van der Waals surface area contributed by atoms with Gasteiger partial charge in [-0.1, -0.05) is 18.2 Å². The summed E-state index contributed by atoms with van der Waals surface area (Å²) in [4.78, 5) is 11.8. The van der Waals surface area contributed by atoms with Gasteiger partial charge in [-0.3, -0.25) is 4.79 Å². The van der Waals surface area contributed by atoms with Gasteiger partial charge >= 0.3 is 0 Å². The molecule has 0 atom stereocenters. The van der Waals surface area contributed by atoms with E-state index in [-0.39, 0.29) is 12.5 Å². The number of ether oxygens (including phenoxy) is 2. The van der Waals surface area contributed by atoms with E-state index < -0.39 is 0 Å². The average Bonchev–Trinajstić information content (AvgIpc) is 2.61. The van der Waals surface area contributed by atoms with Crippen molar-refractivity contribution < 1.29 is 14.3 Å². The van der Waals surface area contributed by atoms with Crippen LogP contribution in [0.5, 0.6) is 11.5 Å². The molecule has 0 unspecified atom stereocenters. The van der Waals surface area contributed by atoms with Crippen LogP contribution >= 0.6 is 0 Å². The van der Waals surface area contributed by atoms with Crippen LogP contribution in [0, 0.1) is 6.92 Å². The van der Waals surface area contributed by atoms with E-state index in [2.05, 4.69) is 15.8 Å². The number of anilines is 1. The number of rotatable bonds is 7. The Labute approximate surface area is 141 Å². The third kappa shape index (κ3) is 4.74. The van der Waals surface area contributed by atoms with E-state index in [9.17, 15) is 4.79 Å². The lowest BCUT2D eigenvalue weighted by molar-refractivity contribution is -0.119. The molecule has 24 heavy (non-hydrogen) atoms. The molecule has 0 heterocycles. The van der Waals surface area contributed by atoms with Crippen LogP contribution in [0.15, 0.2) is 47.6 Å². The van der Waals surface area contributed by atoms with Crippen LogP contribution in [0.4, 0.5) is 5.69 Å². The number of amides is 1. The molecule has 0 radical (unpaired) electrons. The molecule has 2 aromatic rings. The number of benzene rings is 2. The Hall–Kier alpha value is -3.02. The molecular weight excluding hydrogens is 306 g/mol. The first kappa shape index (κ1) is 17.3. The molecule has 0 aromatic heterocycles. The Morgan fingerprint density at radius 2 is 1.96 bits per heavy atom. The molecule has 0 aliphatic heterocycles. The molecule has 2 aromatic carbocycles. The van der Waals surface area contributed by atoms with E-state index >= 15 is 0 Å².